The molecule has 1 N–H and O–H groups in total. The van der Waals surface area contributed by atoms with Crippen molar-refractivity contribution in [3.63, 3.8) is 0 Å². The first kappa shape index (κ1) is 9.21. The summed E-state index contributed by atoms with van der Waals surface area (Å²) in [5.41, 5.74) is 0.275. The number of hydrogen-bond donors (Lipinski definition) is 1. The van der Waals surface area contributed by atoms with E-state index in [-0.39, 0.29) is 5.41 Å². The number of nitrogens with one attached hydrogen (secondary N) is 1. The summed E-state index contributed by atoms with van der Waals surface area (Å²) >= 11 is 0. The number of halogens is 3. The number of alkyl halides is 3. The Bertz CT molecular complexity index is 400. The topological polar surface area (TPSA) is 38.1 Å². The summed E-state index contributed by atoms with van der Waals surface area (Å²) in [5.74, 6) is -0.562. The van der Waals surface area contributed by atoms with Crippen LogP contribution in [0.5, 0.6) is 0 Å². The lowest BCUT2D eigenvalue weighted by Crippen LogP contribution is -2.19. The summed E-state index contributed by atoms with van der Waals surface area (Å²) < 4.78 is 41.2. The molecule has 1 aliphatic heterocycles. The first-order chi connectivity index (χ1) is 7.02. The van der Waals surface area contributed by atoms with Crippen LogP contribution in [0.25, 0.3) is 0 Å². The molecule has 1 aliphatic carbocycles. The molecular formula is C9H9F3N2O. The normalized spacial score (nSPS) is 34.2. The molecule has 3 nitrogen and oxygen atoms in total. The van der Waals surface area contributed by atoms with Crippen LogP contribution < -0.4 is 5.32 Å². The zero-order valence-corrected chi connectivity index (χ0v) is 7.77. The fourth-order valence-electron chi connectivity index (χ4n) is 2.38. The number of rotatable bonds is 1. The van der Waals surface area contributed by atoms with E-state index in [0.29, 0.717) is 18.2 Å². The highest BCUT2D eigenvalue weighted by molar-refractivity contribution is 5.32. The van der Waals surface area contributed by atoms with Crippen LogP contribution in [0.2, 0.25) is 0 Å². The molecule has 1 saturated carbocycles. The Morgan fingerprint density at radius 2 is 2.33 bits per heavy atom. The van der Waals surface area contributed by atoms with Gasteiger partial charge in [-0.05, 0) is 18.9 Å². The molecule has 2 atom stereocenters. The summed E-state index contributed by atoms with van der Waals surface area (Å²) in [6.07, 6.45) is -3.51. The van der Waals surface area contributed by atoms with Gasteiger partial charge in [-0.15, -0.1) is 0 Å². The minimum absolute atomic E-state index is 0.174. The Morgan fingerprint density at radius 1 is 1.53 bits per heavy atom. The fraction of sp³-hybridized carbons (Fsp3) is 0.667. The van der Waals surface area contributed by atoms with Crippen LogP contribution in [-0.2, 0) is 11.6 Å². The van der Waals surface area contributed by atoms with Crippen molar-refractivity contribution >= 4 is 0 Å². The molecule has 2 aliphatic rings. The zero-order valence-electron chi connectivity index (χ0n) is 7.77. The molecule has 0 amide bonds. The molecule has 0 aromatic carbocycles. The summed E-state index contributed by atoms with van der Waals surface area (Å²) in [6, 6.07) is 1.03. The smallest absolute Gasteiger partial charge is 0.351 e. The monoisotopic (exact) mass is 218 g/mol. The third-order valence-electron chi connectivity index (χ3n) is 3.36. The molecule has 0 spiro atoms. The highest BCUT2D eigenvalue weighted by Crippen LogP contribution is 2.56. The first-order valence-electron chi connectivity index (χ1n) is 4.77. The summed E-state index contributed by atoms with van der Waals surface area (Å²) in [7, 11) is 0. The molecule has 0 bridgehead atoms. The van der Waals surface area contributed by atoms with Crippen molar-refractivity contribution in [1.29, 1.82) is 0 Å². The molecule has 2 fully saturated rings. The Balaban J connectivity index is 1.92. The van der Waals surface area contributed by atoms with Crippen molar-refractivity contribution in [3.05, 3.63) is 17.5 Å². The van der Waals surface area contributed by atoms with Crippen LogP contribution in [-0.4, -0.2) is 18.2 Å². The van der Waals surface area contributed by atoms with Crippen LogP contribution in [0.3, 0.4) is 0 Å². The maximum atomic E-state index is 12.3. The van der Waals surface area contributed by atoms with Crippen molar-refractivity contribution < 1.29 is 17.7 Å². The van der Waals surface area contributed by atoms with Gasteiger partial charge in [0.05, 0.1) is 5.69 Å². The van der Waals surface area contributed by atoms with E-state index >= 15 is 0 Å². The van der Waals surface area contributed by atoms with E-state index < -0.39 is 11.9 Å². The fourth-order valence-corrected chi connectivity index (χ4v) is 2.38. The zero-order chi connectivity index (χ0) is 10.7. The first-order valence-corrected chi connectivity index (χ1v) is 4.77. The van der Waals surface area contributed by atoms with Crippen LogP contribution in [0, 0.1) is 5.92 Å². The second-order valence-corrected chi connectivity index (χ2v) is 4.26. The Kier molecular flexibility index (Phi) is 1.57. The lowest BCUT2D eigenvalue weighted by Gasteiger charge is -2.05. The van der Waals surface area contributed by atoms with Crippen molar-refractivity contribution in [1.82, 2.24) is 10.5 Å². The Hall–Kier alpha value is -1.04. The molecular weight excluding hydrogens is 209 g/mol. The van der Waals surface area contributed by atoms with E-state index in [0.717, 1.165) is 19.0 Å². The van der Waals surface area contributed by atoms with Gasteiger partial charge in [0.15, 0.2) is 0 Å². The van der Waals surface area contributed by atoms with E-state index in [1.54, 1.807) is 0 Å². The van der Waals surface area contributed by atoms with Gasteiger partial charge in [0.2, 0.25) is 5.76 Å². The van der Waals surface area contributed by atoms with E-state index in [4.69, 9.17) is 0 Å². The molecule has 3 rings (SSSR count). The van der Waals surface area contributed by atoms with Gasteiger partial charge < -0.3 is 9.84 Å². The number of aromatic nitrogens is 1. The average molecular weight is 218 g/mol. The highest BCUT2D eigenvalue weighted by atomic mass is 19.4. The number of hydrogen-bond acceptors (Lipinski definition) is 3. The average Bonchev–Trinajstić information content (AvgIpc) is 2.63. The van der Waals surface area contributed by atoms with Crippen molar-refractivity contribution in [2.45, 2.75) is 18.0 Å². The van der Waals surface area contributed by atoms with Gasteiger partial charge in [-0.3, -0.25) is 0 Å². The highest BCUT2D eigenvalue weighted by Gasteiger charge is 2.60. The third-order valence-corrected chi connectivity index (χ3v) is 3.36. The van der Waals surface area contributed by atoms with Gasteiger partial charge in [0.1, 0.15) is 0 Å². The number of piperidine rings is 1. The number of fused-ring (bicyclic) bond motifs is 1. The van der Waals surface area contributed by atoms with E-state index in [9.17, 15) is 13.2 Å². The molecule has 1 aromatic rings. The maximum Gasteiger partial charge on any atom is 0.452 e. The molecule has 82 valence electrons. The SMILES string of the molecule is FC(F)(F)c1cc([C@@]23CNC[C@@H]2C3)no1. The summed E-state index contributed by atoms with van der Waals surface area (Å²) in [6.45, 7) is 1.58. The maximum absolute atomic E-state index is 12.3. The standard InChI is InChI=1S/C9H9F3N2O/c10-9(11,12)7-1-6(14-15-7)8-2-5(8)3-13-4-8/h1,5,13H,2-4H2/t5-,8-/m0/s1. The summed E-state index contributed by atoms with van der Waals surface area (Å²) in [5, 5.41) is 6.69. The second-order valence-electron chi connectivity index (χ2n) is 4.26. The minimum Gasteiger partial charge on any atom is -0.351 e. The quantitative estimate of drug-likeness (QED) is 0.777. The van der Waals surface area contributed by atoms with Gasteiger partial charge >= 0.3 is 6.18 Å². The second kappa shape index (κ2) is 2.55. The molecule has 2 heterocycles. The van der Waals surface area contributed by atoms with Gasteiger partial charge in [0.25, 0.3) is 0 Å². The van der Waals surface area contributed by atoms with Crippen LogP contribution in [0.15, 0.2) is 10.6 Å². The van der Waals surface area contributed by atoms with Crippen LogP contribution >= 0.6 is 0 Å². The van der Waals surface area contributed by atoms with Crippen molar-refractivity contribution in [2.24, 2.45) is 5.92 Å². The molecule has 1 saturated heterocycles. The third kappa shape index (κ3) is 1.20. The Labute approximate surface area is 83.6 Å². The van der Waals surface area contributed by atoms with Gasteiger partial charge in [0, 0.05) is 18.0 Å². The van der Waals surface area contributed by atoms with Gasteiger partial charge in [-0.25, -0.2) is 0 Å². The van der Waals surface area contributed by atoms with E-state index in [1.165, 1.54) is 0 Å². The lowest BCUT2D eigenvalue weighted by atomic mass is 10.0. The minimum atomic E-state index is -4.43. The largest absolute Gasteiger partial charge is 0.452 e. The van der Waals surface area contributed by atoms with E-state index in [1.807, 2.05) is 0 Å². The lowest BCUT2D eigenvalue weighted by molar-refractivity contribution is -0.155. The van der Waals surface area contributed by atoms with Gasteiger partial charge in [-0.2, -0.15) is 13.2 Å². The summed E-state index contributed by atoms with van der Waals surface area (Å²) in [4.78, 5) is 0. The molecule has 0 unspecified atom stereocenters. The molecule has 1 aromatic heterocycles. The predicted octanol–water partition coefficient (Wildman–Crippen LogP) is 1.55. The van der Waals surface area contributed by atoms with Gasteiger partial charge in [-0.1, -0.05) is 5.16 Å². The molecule has 0 radical (unpaired) electrons. The Morgan fingerprint density at radius 3 is 2.80 bits per heavy atom. The van der Waals surface area contributed by atoms with Crippen molar-refractivity contribution in [2.75, 3.05) is 13.1 Å². The van der Waals surface area contributed by atoms with E-state index in [2.05, 4.69) is 15.0 Å². The molecule has 6 heteroatoms. The molecule has 15 heavy (non-hydrogen) atoms. The number of nitrogens with zero attached hydrogens (tertiary/aromatic N) is 1. The van der Waals surface area contributed by atoms with Crippen LogP contribution in [0.4, 0.5) is 13.2 Å². The predicted molar refractivity (Wildman–Crippen MR) is 44.2 cm³/mol. The van der Waals surface area contributed by atoms with Crippen LogP contribution in [0.1, 0.15) is 17.9 Å². The van der Waals surface area contributed by atoms with Crippen molar-refractivity contribution in [3.8, 4) is 0 Å².